The molecule has 2 heteroatoms. The molecule has 204 valence electrons. The highest BCUT2D eigenvalue weighted by Gasteiger charge is 2.20. The van der Waals surface area contributed by atoms with Crippen LogP contribution in [0.4, 0.5) is 0 Å². The third kappa shape index (κ3) is 3.20. The molecule has 44 heavy (non-hydrogen) atoms. The first-order valence-corrected chi connectivity index (χ1v) is 15.2. The van der Waals surface area contributed by atoms with Gasteiger partial charge >= 0.3 is 0 Å². The normalized spacial score (nSPS) is 12.1. The summed E-state index contributed by atoms with van der Waals surface area (Å²) >= 11 is 0. The van der Waals surface area contributed by atoms with Gasteiger partial charge in [0, 0.05) is 32.9 Å². The smallest absolute Gasteiger partial charge is 0.0548 e. The van der Waals surface area contributed by atoms with Crippen molar-refractivity contribution in [2.75, 3.05) is 0 Å². The molecule has 0 unspecified atom stereocenters. The Morgan fingerprint density at radius 2 is 0.727 bits per heavy atom. The first kappa shape index (κ1) is 23.7. The molecule has 0 saturated heterocycles. The van der Waals surface area contributed by atoms with Crippen molar-refractivity contribution in [1.82, 2.24) is 9.13 Å². The molecule has 0 radical (unpaired) electrons. The van der Waals surface area contributed by atoms with Crippen molar-refractivity contribution in [1.29, 1.82) is 0 Å². The maximum absolute atomic E-state index is 2.45. The minimum absolute atomic E-state index is 1.18. The van der Waals surface area contributed by atoms with Crippen LogP contribution in [0.25, 0.3) is 87.3 Å². The predicted molar refractivity (Wildman–Crippen MR) is 188 cm³/mol. The lowest BCUT2D eigenvalue weighted by Crippen LogP contribution is -1.95. The molecule has 2 heterocycles. The SMILES string of the molecule is c1ccc2cc(-n3c4ccccc4c4c5c6ccccc6n(-c6ccc7c(ccc8ccccc87)c6)c5ccc43)ccc2c1. The molecule has 10 rings (SSSR count). The summed E-state index contributed by atoms with van der Waals surface area (Å²) in [6, 6.07) is 57.8. The maximum Gasteiger partial charge on any atom is 0.0548 e. The highest BCUT2D eigenvalue weighted by molar-refractivity contribution is 6.29. The molecule has 0 aliphatic heterocycles. The van der Waals surface area contributed by atoms with Gasteiger partial charge in [-0.15, -0.1) is 0 Å². The van der Waals surface area contributed by atoms with Crippen molar-refractivity contribution in [2.24, 2.45) is 0 Å². The molecule has 0 amide bonds. The Bertz CT molecular complexity index is 2780. The largest absolute Gasteiger partial charge is 0.309 e. The van der Waals surface area contributed by atoms with Crippen LogP contribution in [0.1, 0.15) is 0 Å². The first-order chi connectivity index (χ1) is 21.8. The van der Waals surface area contributed by atoms with E-state index >= 15 is 0 Å². The van der Waals surface area contributed by atoms with Gasteiger partial charge in [0.1, 0.15) is 0 Å². The third-order valence-electron chi connectivity index (χ3n) is 9.45. The second-order valence-electron chi connectivity index (χ2n) is 11.8. The van der Waals surface area contributed by atoms with E-state index in [2.05, 4.69) is 167 Å². The lowest BCUT2D eigenvalue weighted by atomic mass is 10.0. The predicted octanol–water partition coefficient (Wildman–Crippen LogP) is 11.3. The van der Waals surface area contributed by atoms with Crippen LogP contribution in [0.2, 0.25) is 0 Å². The number of rotatable bonds is 2. The number of para-hydroxylation sites is 2. The fourth-order valence-corrected chi connectivity index (χ4v) is 7.53. The van der Waals surface area contributed by atoms with Gasteiger partial charge in [0.15, 0.2) is 0 Å². The molecule has 0 bridgehead atoms. The molecule has 0 aliphatic carbocycles. The standard InChI is InChI=1S/C42H26N2/c1-2-11-29-25-31(20-19-27(29)9-1)43-37-15-7-5-13-35(37)41-39(43)23-24-40-42(41)36-14-6-8-16-38(36)44(40)32-21-22-34-30(26-32)18-17-28-10-3-4-12-33(28)34/h1-26H. The fourth-order valence-electron chi connectivity index (χ4n) is 7.53. The van der Waals surface area contributed by atoms with Crippen molar-refractivity contribution < 1.29 is 0 Å². The summed E-state index contributed by atoms with van der Waals surface area (Å²) in [6.45, 7) is 0. The zero-order valence-corrected chi connectivity index (χ0v) is 23.9. The van der Waals surface area contributed by atoms with Gasteiger partial charge < -0.3 is 9.13 Å². The molecule has 0 fully saturated rings. The van der Waals surface area contributed by atoms with Crippen LogP contribution in [0.15, 0.2) is 158 Å². The second kappa shape index (κ2) is 8.82. The number of aromatic nitrogens is 2. The van der Waals surface area contributed by atoms with Crippen LogP contribution >= 0.6 is 0 Å². The lowest BCUT2D eigenvalue weighted by Gasteiger charge is -2.11. The molecule has 0 aliphatic rings. The Labute approximate surface area is 253 Å². The van der Waals surface area contributed by atoms with Crippen LogP contribution in [-0.2, 0) is 0 Å². The number of nitrogens with zero attached hydrogens (tertiary/aromatic N) is 2. The highest BCUT2D eigenvalue weighted by atomic mass is 15.0. The molecule has 0 saturated carbocycles. The van der Waals surface area contributed by atoms with E-state index in [0.717, 1.165) is 0 Å². The molecular weight excluding hydrogens is 532 g/mol. The summed E-state index contributed by atoms with van der Waals surface area (Å²) in [5.74, 6) is 0. The van der Waals surface area contributed by atoms with E-state index in [9.17, 15) is 0 Å². The Balaban J connectivity index is 1.31. The molecule has 0 atom stereocenters. The maximum atomic E-state index is 2.45. The second-order valence-corrected chi connectivity index (χ2v) is 11.8. The van der Waals surface area contributed by atoms with Crippen LogP contribution in [0.3, 0.4) is 0 Å². The van der Waals surface area contributed by atoms with Crippen LogP contribution < -0.4 is 0 Å². The summed E-state index contributed by atoms with van der Waals surface area (Å²) in [5, 5.41) is 12.7. The van der Waals surface area contributed by atoms with E-state index in [4.69, 9.17) is 0 Å². The van der Waals surface area contributed by atoms with Crippen LogP contribution in [0, 0.1) is 0 Å². The van der Waals surface area contributed by atoms with Crippen molar-refractivity contribution in [3.8, 4) is 11.4 Å². The number of hydrogen-bond donors (Lipinski definition) is 0. The summed E-state index contributed by atoms with van der Waals surface area (Å²) in [6.07, 6.45) is 0. The first-order valence-electron chi connectivity index (χ1n) is 15.2. The van der Waals surface area contributed by atoms with Crippen molar-refractivity contribution in [2.45, 2.75) is 0 Å². The molecule has 2 aromatic heterocycles. The summed E-state index contributed by atoms with van der Waals surface area (Å²) < 4.78 is 4.88. The minimum Gasteiger partial charge on any atom is -0.309 e. The van der Waals surface area contributed by atoms with Gasteiger partial charge in [-0.3, -0.25) is 0 Å². The van der Waals surface area contributed by atoms with Crippen molar-refractivity contribution in [3.63, 3.8) is 0 Å². The quantitative estimate of drug-likeness (QED) is 0.187. The van der Waals surface area contributed by atoms with Gasteiger partial charge in [-0.2, -0.15) is 0 Å². The molecule has 10 aromatic rings. The summed E-state index contributed by atoms with van der Waals surface area (Å²) in [5.41, 5.74) is 7.25. The fraction of sp³-hybridized carbons (Fsp3) is 0. The Hall–Kier alpha value is -5.86. The minimum atomic E-state index is 1.18. The Morgan fingerprint density at radius 1 is 0.273 bits per heavy atom. The van der Waals surface area contributed by atoms with Gasteiger partial charge in [-0.1, -0.05) is 109 Å². The van der Waals surface area contributed by atoms with Crippen LogP contribution in [-0.4, -0.2) is 9.13 Å². The number of hydrogen-bond acceptors (Lipinski definition) is 0. The van der Waals surface area contributed by atoms with E-state index in [0.29, 0.717) is 0 Å². The highest BCUT2D eigenvalue weighted by Crippen LogP contribution is 2.42. The summed E-state index contributed by atoms with van der Waals surface area (Å²) in [7, 11) is 0. The van der Waals surface area contributed by atoms with Crippen molar-refractivity contribution >= 4 is 75.9 Å². The zero-order valence-electron chi connectivity index (χ0n) is 23.9. The van der Waals surface area contributed by atoms with Gasteiger partial charge in [0.05, 0.1) is 22.1 Å². The molecule has 2 nitrogen and oxygen atoms in total. The molecule has 0 spiro atoms. The van der Waals surface area contributed by atoms with Crippen LogP contribution in [0.5, 0.6) is 0 Å². The van der Waals surface area contributed by atoms with Gasteiger partial charge in [-0.25, -0.2) is 0 Å². The van der Waals surface area contributed by atoms with E-state index in [-0.39, 0.29) is 0 Å². The van der Waals surface area contributed by atoms with E-state index in [1.165, 1.54) is 87.3 Å². The lowest BCUT2D eigenvalue weighted by molar-refractivity contribution is 1.18. The average Bonchev–Trinajstić information content (AvgIpc) is 3.60. The molecule has 8 aromatic carbocycles. The Kier molecular flexibility index (Phi) is 4.75. The van der Waals surface area contributed by atoms with E-state index in [1.807, 2.05) is 0 Å². The van der Waals surface area contributed by atoms with Gasteiger partial charge in [0.2, 0.25) is 0 Å². The van der Waals surface area contributed by atoms with Gasteiger partial charge in [-0.05, 0) is 80.8 Å². The average molecular weight is 559 g/mol. The molecular formula is C42H26N2. The van der Waals surface area contributed by atoms with Gasteiger partial charge in [0.25, 0.3) is 0 Å². The van der Waals surface area contributed by atoms with E-state index < -0.39 is 0 Å². The monoisotopic (exact) mass is 558 g/mol. The van der Waals surface area contributed by atoms with E-state index in [1.54, 1.807) is 0 Å². The topological polar surface area (TPSA) is 9.86 Å². The zero-order chi connectivity index (χ0) is 28.8. The van der Waals surface area contributed by atoms with Crippen molar-refractivity contribution in [3.05, 3.63) is 158 Å². The third-order valence-corrected chi connectivity index (χ3v) is 9.45. The number of fused-ring (bicyclic) bond motifs is 11. The molecule has 0 N–H and O–H groups in total. The Morgan fingerprint density at radius 3 is 1.41 bits per heavy atom. The number of benzene rings is 8. The summed E-state index contributed by atoms with van der Waals surface area (Å²) in [4.78, 5) is 0.